The zero-order valence-electron chi connectivity index (χ0n) is 19.9. The van der Waals surface area contributed by atoms with Crippen LogP contribution in [-0.4, -0.2) is 40.5 Å². The molecule has 178 valence electrons. The molecule has 0 spiro atoms. The van der Waals surface area contributed by atoms with E-state index in [9.17, 15) is 4.79 Å². The van der Waals surface area contributed by atoms with Crippen LogP contribution in [0.1, 0.15) is 114 Å². The minimum atomic E-state index is -0.0428. The number of hydrogen-bond acceptors (Lipinski definition) is 4. The van der Waals surface area contributed by atoms with E-state index < -0.39 is 0 Å². The molecule has 4 N–H and O–H groups in total. The first-order valence-electron chi connectivity index (χ1n) is 13.5. The maximum Gasteiger partial charge on any atom is 0.237 e. The fourth-order valence-corrected chi connectivity index (χ4v) is 6.75. The van der Waals surface area contributed by atoms with Gasteiger partial charge in [0.15, 0.2) is 0 Å². The molecule has 3 heterocycles. The minimum Gasteiger partial charge on any atom is -0.345 e. The maximum atomic E-state index is 13.3. The average Bonchev–Trinajstić information content (AvgIpc) is 3.47. The summed E-state index contributed by atoms with van der Waals surface area (Å²) in [7, 11) is 0. The highest BCUT2D eigenvalue weighted by molar-refractivity contribution is 5.82. The summed E-state index contributed by atoms with van der Waals surface area (Å²) in [4.78, 5) is 21.8. The van der Waals surface area contributed by atoms with Crippen LogP contribution >= 0.6 is 0 Å². The van der Waals surface area contributed by atoms with Crippen LogP contribution in [0, 0.1) is 11.8 Å². The fraction of sp³-hybridized carbons (Fsp3) is 0.846. The van der Waals surface area contributed by atoms with Crippen molar-refractivity contribution in [3.63, 3.8) is 0 Å². The fourth-order valence-electron chi connectivity index (χ4n) is 6.75. The molecular formula is C26H43N5O. The number of hydrogen-bond donors (Lipinski definition) is 4. The van der Waals surface area contributed by atoms with Gasteiger partial charge in [-0.05, 0) is 69.7 Å². The second-order valence-electron chi connectivity index (χ2n) is 11.2. The second-order valence-corrected chi connectivity index (χ2v) is 11.2. The molecule has 2 saturated heterocycles. The first-order chi connectivity index (χ1) is 15.7. The van der Waals surface area contributed by atoms with Gasteiger partial charge in [0.05, 0.1) is 12.1 Å². The van der Waals surface area contributed by atoms with Crippen LogP contribution in [0.5, 0.6) is 0 Å². The van der Waals surface area contributed by atoms with Crippen molar-refractivity contribution in [2.45, 2.75) is 120 Å². The Balaban J connectivity index is 1.27. The second kappa shape index (κ2) is 10.3. The third-order valence-electron chi connectivity index (χ3n) is 8.83. The van der Waals surface area contributed by atoms with Crippen molar-refractivity contribution in [1.82, 2.24) is 25.9 Å². The lowest BCUT2D eigenvalue weighted by Crippen LogP contribution is -2.46. The molecule has 0 radical (unpaired) electrons. The summed E-state index contributed by atoms with van der Waals surface area (Å²) in [6.07, 6.45) is 17.9. The average molecular weight is 442 g/mol. The monoisotopic (exact) mass is 441 g/mol. The number of rotatable bonds is 6. The molecule has 5 atom stereocenters. The number of piperidine rings is 1. The van der Waals surface area contributed by atoms with Crippen LogP contribution in [0.2, 0.25) is 0 Å². The maximum absolute atomic E-state index is 13.3. The molecule has 0 aromatic carbocycles. The third kappa shape index (κ3) is 5.22. The molecule has 5 rings (SSSR count). The van der Waals surface area contributed by atoms with E-state index in [4.69, 9.17) is 4.98 Å². The summed E-state index contributed by atoms with van der Waals surface area (Å²) in [5.74, 6) is 3.25. The number of nitrogens with one attached hydrogen (secondary N) is 4. The van der Waals surface area contributed by atoms with E-state index in [1.165, 1.54) is 76.3 Å². The third-order valence-corrected chi connectivity index (χ3v) is 8.83. The quantitative estimate of drug-likeness (QED) is 0.530. The summed E-state index contributed by atoms with van der Waals surface area (Å²) in [6, 6.07) is 0.914. The Kier molecular flexibility index (Phi) is 7.17. The Labute approximate surface area is 193 Å². The first-order valence-corrected chi connectivity index (χ1v) is 13.5. The van der Waals surface area contributed by atoms with Crippen LogP contribution in [0.25, 0.3) is 0 Å². The number of carbonyl (C=O) groups excluding carboxylic acids is 1. The lowest BCUT2D eigenvalue weighted by molar-refractivity contribution is -0.123. The Bertz CT molecular complexity index is 735. The van der Waals surface area contributed by atoms with Gasteiger partial charge in [0.1, 0.15) is 5.82 Å². The first kappa shape index (κ1) is 22.4. The van der Waals surface area contributed by atoms with Crippen LogP contribution in [0.3, 0.4) is 0 Å². The molecule has 1 aromatic rings. The molecule has 2 saturated carbocycles. The van der Waals surface area contributed by atoms with Gasteiger partial charge in [-0.3, -0.25) is 4.79 Å². The van der Waals surface area contributed by atoms with Crippen molar-refractivity contribution in [3.05, 3.63) is 17.7 Å². The SMILES string of the molecule is CC1CCC(c2cnc([C@@H](CC3CCCCN3)NC(=O)C3CC4CCCCC4N3)[nH]2)CC1. The lowest BCUT2D eigenvalue weighted by atomic mass is 9.82. The molecule has 4 unspecified atom stereocenters. The van der Waals surface area contributed by atoms with Crippen LogP contribution < -0.4 is 16.0 Å². The number of amides is 1. The number of fused-ring (bicyclic) bond motifs is 1. The number of imidazole rings is 1. The van der Waals surface area contributed by atoms with Gasteiger partial charge in [0.25, 0.3) is 0 Å². The molecule has 32 heavy (non-hydrogen) atoms. The van der Waals surface area contributed by atoms with Crippen LogP contribution in [0.15, 0.2) is 6.20 Å². The number of carbonyl (C=O) groups is 1. The Morgan fingerprint density at radius 1 is 1.09 bits per heavy atom. The van der Waals surface area contributed by atoms with Crippen LogP contribution in [-0.2, 0) is 4.79 Å². The number of aromatic nitrogens is 2. The van der Waals surface area contributed by atoms with Crippen molar-refractivity contribution in [2.75, 3.05) is 6.54 Å². The van der Waals surface area contributed by atoms with E-state index in [0.717, 1.165) is 31.1 Å². The highest BCUT2D eigenvalue weighted by atomic mass is 16.2. The summed E-state index contributed by atoms with van der Waals surface area (Å²) in [5, 5.41) is 10.7. The van der Waals surface area contributed by atoms with E-state index in [-0.39, 0.29) is 18.0 Å². The highest BCUT2D eigenvalue weighted by Crippen LogP contribution is 2.36. The Morgan fingerprint density at radius 3 is 2.69 bits per heavy atom. The predicted molar refractivity (Wildman–Crippen MR) is 127 cm³/mol. The molecule has 6 nitrogen and oxygen atoms in total. The van der Waals surface area contributed by atoms with E-state index in [2.05, 4.69) is 27.9 Å². The number of H-pyrrole nitrogens is 1. The molecule has 1 amide bonds. The number of aromatic amines is 1. The van der Waals surface area contributed by atoms with Crippen molar-refractivity contribution >= 4 is 5.91 Å². The molecule has 2 aliphatic heterocycles. The molecule has 0 bridgehead atoms. The van der Waals surface area contributed by atoms with Crippen molar-refractivity contribution in [1.29, 1.82) is 0 Å². The van der Waals surface area contributed by atoms with Gasteiger partial charge < -0.3 is 20.9 Å². The summed E-state index contributed by atoms with van der Waals surface area (Å²) >= 11 is 0. The molecule has 4 fully saturated rings. The van der Waals surface area contributed by atoms with Gasteiger partial charge in [0.2, 0.25) is 5.91 Å². The minimum absolute atomic E-state index is 0.0424. The van der Waals surface area contributed by atoms with E-state index in [1.54, 1.807) is 0 Å². The highest BCUT2D eigenvalue weighted by Gasteiger charge is 2.39. The van der Waals surface area contributed by atoms with E-state index in [0.29, 0.717) is 23.9 Å². The van der Waals surface area contributed by atoms with Gasteiger partial charge in [-0.1, -0.05) is 39.0 Å². The molecule has 6 heteroatoms. The van der Waals surface area contributed by atoms with Gasteiger partial charge in [0, 0.05) is 29.9 Å². The zero-order valence-corrected chi connectivity index (χ0v) is 19.9. The summed E-state index contributed by atoms with van der Waals surface area (Å²) in [6.45, 7) is 3.45. The van der Waals surface area contributed by atoms with Gasteiger partial charge in [-0.25, -0.2) is 4.98 Å². The predicted octanol–water partition coefficient (Wildman–Crippen LogP) is 4.31. The smallest absolute Gasteiger partial charge is 0.237 e. The number of nitrogens with zero attached hydrogens (tertiary/aromatic N) is 1. The van der Waals surface area contributed by atoms with Crippen molar-refractivity contribution < 1.29 is 4.79 Å². The van der Waals surface area contributed by atoms with Crippen molar-refractivity contribution in [2.24, 2.45) is 11.8 Å². The van der Waals surface area contributed by atoms with Gasteiger partial charge in [-0.15, -0.1) is 0 Å². The molecule has 1 aromatic heterocycles. The van der Waals surface area contributed by atoms with Gasteiger partial charge in [-0.2, -0.15) is 0 Å². The largest absolute Gasteiger partial charge is 0.345 e. The topological polar surface area (TPSA) is 81.8 Å². The zero-order chi connectivity index (χ0) is 21.9. The van der Waals surface area contributed by atoms with Crippen LogP contribution in [0.4, 0.5) is 0 Å². The molecule has 2 aliphatic carbocycles. The lowest BCUT2D eigenvalue weighted by Gasteiger charge is -2.28. The standard InChI is InChI=1S/C26H43N5O/c1-17-9-11-18(12-10-17)24-16-28-25(30-24)22(15-20-7-4-5-13-27-20)31-26(32)23-14-19-6-2-3-8-21(19)29-23/h16-23,27,29H,2-15H2,1H3,(H,28,30)(H,31,32)/t17?,18?,19?,20?,21?,22-,23?/m1/s1. The Morgan fingerprint density at radius 2 is 1.91 bits per heavy atom. The normalized spacial score (nSPS) is 36.4. The molecular weight excluding hydrogens is 398 g/mol. The Hall–Kier alpha value is -1.40. The van der Waals surface area contributed by atoms with Crippen molar-refractivity contribution in [3.8, 4) is 0 Å². The summed E-state index contributed by atoms with van der Waals surface area (Å²) in [5.41, 5.74) is 1.27. The summed E-state index contributed by atoms with van der Waals surface area (Å²) < 4.78 is 0. The van der Waals surface area contributed by atoms with E-state index in [1.807, 2.05) is 6.20 Å². The van der Waals surface area contributed by atoms with Gasteiger partial charge >= 0.3 is 0 Å². The van der Waals surface area contributed by atoms with E-state index >= 15 is 0 Å². The molecule has 4 aliphatic rings.